The lowest BCUT2D eigenvalue weighted by molar-refractivity contribution is -0.147. The van der Waals surface area contributed by atoms with Crippen molar-refractivity contribution in [1.29, 1.82) is 0 Å². The number of nitrogens with two attached hydrogens (primary N) is 1. The molecule has 1 heterocycles. The van der Waals surface area contributed by atoms with Gasteiger partial charge in [0.05, 0.1) is 7.11 Å². The molecule has 1 fully saturated rings. The second-order valence-electron chi connectivity index (χ2n) is 6.83. The van der Waals surface area contributed by atoms with E-state index in [1.165, 1.54) is 20.0 Å². The molecule has 0 spiro atoms. The van der Waals surface area contributed by atoms with Crippen LogP contribution in [0.25, 0.3) is 0 Å². The maximum atomic E-state index is 11.6. The number of rotatable bonds is 3. The molecule has 1 saturated heterocycles. The van der Waals surface area contributed by atoms with Crippen molar-refractivity contribution >= 4 is 5.97 Å². The summed E-state index contributed by atoms with van der Waals surface area (Å²) in [6.45, 7) is 11.3. The first kappa shape index (κ1) is 15.4. The van der Waals surface area contributed by atoms with E-state index in [1.807, 2.05) is 0 Å². The van der Waals surface area contributed by atoms with Gasteiger partial charge in [-0.2, -0.15) is 0 Å². The highest BCUT2D eigenvalue weighted by Gasteiger charge is 2.35. The Bertz CT molecular complexity index is 287. The van der Waals surface area contributed by atoms with Crippen molar-refractivity contribution in [2.45, 2.75) is 46.1 Å². The molecule has 18 heavy (non-hydrogen) atoms. The van der Waals surface area contributed by atoms with Gasteiger partial charge in [-0.1, -0.05) is 20.8 Å². The smallest absolute Gasteiger partial charge is 0.326 e. The lowest BCUT2D eigenvalue weighted by atomic mass is 9.75. The third-order valence-corrected chi connectivity index (χ3v) is 4.02. The van der Waals surface area contributed by atoms with E-state index in [4.69, 9.17) is 10.5 Å². The topological polar surface area (TPSA) is 55.6 Å². The van der Waals surface area contributed by atoms with E-state index in [-0.39, 0.29) is 5.97 Å². The van der Waals surface area contributed by atoms with E-state index in [9.17, 15) is 4.79 Å². The first-order valence-electron chi connectivity index (χ1n) is 6.76. The van der Waals surface area contributed by atoms with Gasteiger partial charge in [0.25, 0.3) is 0 Å². The van der Waals surface area contributed by atoms with Gasteiger partial charge >= 0.3 is 5.97 Å². The lowest BCUT2D eigenvalue weighted by Crippen LogP contribution is -2.55. The van der Waals surface area contributed by atoms with Crippen LogP contribution in [0.5, 0.6) is 0 Å². The summed E-state index contributed by atoms with van der Waals surface area (Å²) in [6.07, 6.45) is 2.36. The van der Waals surface area contributed by atoms with Crippen LogP contribution in [0.4, 0.5) is 0 Å². The van der Waals surface area contributed by atoms with E-state index in [0.717, 1.165) is 19.0 Å². The Hall–Kier alpha value is -0.610. The summed E-state index contributed by atoms with van der Waals surface area (Å²) in [4.78, 5) is 13.8. The van der Waals surface area contributed by atoms with Gasteiger partial charge in [0, 0.05) is 6.54 Å². The largest absolute Gasteiger partial charge is 0.468 e. The van der Waals surface area contributed by atoms with Gasteiger partial charge < -0.3 is 15.4 Å². The molecule has 0 amide bonds. The van der Waals surface area contributed by atoms with E-state index >= 15 is 0 Å². The molecule has 1 aliphatic rings. The number of ether oxygens (including phenoxy) is 1. The number of carbonyl (C=O) groups excluding carboxylic acids is 1. The van der Waals surface area contributed by atoms with E-state index in [0.29, 0.717) is 12.0 Å². The highest BCUT2D eigenvalue weighted by Crippen LogP contribution is 2.34. The zero-order chi connectivity index (χ0) is 14.0. The Morgan fingerprint density at radius 2 is 1.78 bits per heavy atom. The summed E-state index contributed by atoms with van der Waals surface area (Å²) in [5.41, 5.74) is 5.48. The molecule has 1 rings (SSSR count). The lowest BCUT2D eigenvalue weighted by Gasteiger charge is -2.40. The molecule has 4 nitrogen and oxygen atoms in total. The number of nitrogens with zero attached hydrogens (tertiary/aromatic N) is 1. The van der Waals surface area contributed by atoms with E-state index < -0.39 is 5.54 Å². The molecular formula is C14H28N2O2. The van der Waals surface area contributed by atoms with Gasteiger partial charge in [0.1, 0.15) is 5.54 Å². The van der Waals surface area contributed by atoms with Gasteiger partial charge in [0.2, 0.25) is 0 Å². The van der Waals surface area contributed by atoms with Crippen molar-refractivity contribution in [2.75, 3.05) is 26.7 Å². The van der Waals surface area contributed by atoms with Crippen molar-refractivity contribution in [3.05, 3.63) is 0 Å². The van der Waals surface area contributed by atoms with Crippen LogP contribution in [0.2, 0.25) is 0 Å². The SMILES string of the molecule is COC(=O)C(C)(N)CN1CCC(C(C)(C)C)CC1. The number of piperidine rings is 1. The van der Waals surface area contributed by atoms with E-state index in [1.54, 1.807) is 6.92 Å². The monoisotopic (exact) mass is 256 g/mol. The molecule has 106 valence electrons. The van der Waals surface area contributed by atoms with Crippen LogP contribution in [0.3, 0.4) is 0 Å². The molecule has 0 saturated carbocycles. The van der Waals surface area contributed by atoms with Gasteiger partial charge in [-0.3, -0.25) is 4.79 Å². The van der Waals surface area contributed by atoms with Crippen LogP contribution in [-0.4, -0.2) is 43.2 Å². The number of likely N-dealkylation sites (tertiary alicyclic amines) is 1. The molecule has 2 N–H and O–H groups in total. The Kier molecular flexibility index (Phi) is 4.78. The normalized spacial score (nSPS) is 22.6. The average molecular weight is 256 g/mol. The number of hydrogen-bond donors (Lipinski definition) is 1. The third-order valence-electron chi connectivity index (χ3n) is 4.02. The number of esters is 1. The van der Waals surface area contributed by atoms with Crippen LogP contribution < -0.4 is 5.73 Å². The van der Waals surface area contributed by atoms with Crippen molar-refractivity contribution in [1.82, 2.24) is 4.90 Å². The van der Waals surface area contributed by atoms with E-state index in [2.05, 4.69) is 25.7 Å². The minimum absolute atomic E-state index is 0.333. The molecule has 0 radical (unpaired) electrons. The fourth-order valence-electron chi connectivity index (χ4n) is 2.72. The zero-order valence-electron chi connectivity index (χ0n) is 12.5. The van der Waals surface area contributed by atoms with Crippen molar-refractivity contribution in [2.24, 2.45) is 17.1 Å². The summed E-state index contributed by atoms with van der Waals surface area (Å²) < 4.78 is 4.74. The average Bonchev–Trinajstić information content (AvgIpc) is 2.26. The second kappa shape index (κ2) is 5.57. The number of hydrogen-bond acceptors (Lipinski definition) is 4. The summed E-state index contributed by atoms with van der Waals surface area (Å²) in [6, 6.07) is 0. The van der Waals surface area contributed by atoms with Gasteiger partial charge in [0.15, 0.2) is 0 Å². The Labute approximate surface area is 111 Å². The summed E-state index contributed by atoms with van der Waals surface area (Å²) in [5.74, 6) is 0.427. The van der Waals surface area contributed by atoms with Gasteiger partial charge in [-0.25, -0.2) is 0 Å². The Morgan fingerprint density at radius 3 is 2.17 bits per heavy atom. The second-order valence-corrected chi connectivity index (χ2v) is 6.83. The quantitative estimate of drug-likeness (QED) is 0.780. The van der Waals surface area contributed by atoms with Gasteiger partial charge in [-0.05, 0) is 44.2 Å². The molecule has 0 aromatic heterocycles. The molecule has 0 aromatic carbocycles. The van der Waals surface area contributed by atoms with Crippen LogP contribution in [0.1, 0.15) is 40.5 Å². The van der Waals surface area contributed by atoms with Crippen molar-refractivity contribution in [3.63, 3.8) is 0 Å². The minimum atomic E-state index is -0.899. The fourth-order valence-corrected chi connectivity index (χ4v) is 2.72. The molecular weight excluding hydrogens is 228 g/mol. The maximum absolute atomic E-state index is 11.6. The Balaban J connectivity index is 2.47. The first-order valence-corrected chi connectivity index (χ1v) is 6.76. The third kappa shape index (κ3) is 3.95. The highest BCUT2D eigenvalue weighted by molar-refractivity contribution is 5.80. The highest BCUT2D eigenvalue weighted by atomic mass is 16.5. The molecule has 0 aromatic rings. The van der Waals surface area contributed by atoms with Crippen LogP contribution >= 0.6 is 0 Å². The van der Waals surface area contributed by atoms with Gasteiger partial charge in [-0.15, -0.1) is 0 Å². The summed E-state index contributed by atoms with van der Waals surface area (Å²) in [7, 11) is 1.39. The minimum Gasteiger partial charge on any atom is -0.468 e. The van der Waals surface area contributed by atoms with Crippen LogP contribution in [0, 0.1) is 11.3 Å². The molecule has 4 heteroatoms. The molecule has 1 atom stereocenters. The fraction of sp³-hybridized carbons (Fsp3) is 0.929. The number of carbonyl (C=O) groups is 1. The van der Waals surface area contributed by atoms with Crippen LogP contribution in [0.15, 0.2) is 0 Å². The predicted molar refractivity (Wildman–Crippen MR) is 73.2 cm³/mol. The summed E-state index contributed by atoms with van der Waals surface area (Å²) in [5, 5.41) is 0. The molecule has 0 bridgehead atoms. The first-order chi connectivity index (χ1) is 8.16. The maximum Gasteiger partial charge on any atom is 0.326 e. The Morgan fingerprint density at radius 1 is 1.28 bits per heavy atom. The molecule has 1 unspecified atom stereocenters. The summed E-state index contributed by atoms with van der Waals surface area (Å²) >= 11 is 0. The molecule has 0 aliphatic carbocycles. The zero-order valence-corrected chi connectivity index (χ0v) is 12.5. The van der Waals surface area contributed by atoms with Crippen LogP contribution in [-0.2, 0) is 9.53 Å². The standard InChI is InChI=1S/C14H28N2O2/c1-13(2,3)11-6-8-16(9-7-11)10-14(4,15)12(17)18-5/h11H,6-10,15H2,1-5H3. The predicted octanol–water partition coefficient (Wildman–Crippen LogP) is 1.63. The van der Waals surface area contributed by atoms with Crippen molar-refractivity contribution in [3.8, 4) is 0 Å². The number of methoxy groups -OCH3 is 1. The van der Waals surface area contributed by atoms with Crippen molar-refractivity contribution < 1.29 is 9.53 Å². The molecule has 1 aliphatic heterocycles.